The van der Waals surface area contributed by atoms with Gasteiger partial charge < -0.3 is 10.4 Å². The van der Waals surface area contributed by atoms with Crippen LogP contribution in [0.25, 0.3) is 6.08 Å². The zero-order valence-electron chi connectivity index (χ0n) is 11.6. The van der Waals surface area contributed by atoms with E-state index < -0.39 is 0 Å². The van der Waals surface area contributed by atoms with E-state index in [1.54, 1.807) is 6.08 Å². The van der Waals surface area contributed by atoms with Gasteiger partial charge in [-0.2, -0.15) is 10.5 Å². The Morgan fingerprint density at radius 1 is 1.30 bits per heavy atom. The van der Waals surface area contributed by atoms with E-state index in [1.807, 2.05) is 36.4 Å². The Labute approximate surface area is 120 Å². The molecule has 0 aliphatic heterocycles. The lowest BCUT2D eigenvalue weighted by Gasteiger charge is -2.15. The molecule has 1 aromatic rings. The van der Waals surface area contributed by atoms with Crippen molar-refractivity contribution in [1.29, 1.82) is 10.5 Å². The van der Waals surface area contributed by atoms with Gasteiger partial charge in [0.15, 0.2) is 0 Å². The highest BCUT2D eigenvalue weighted by molar-refractivity contribution is 5.63. The molecule has 0 bridgehead atoms. The third-order valence-corrected chi connectivity index (χ3v) is 3.17. The van der Waals surface area contributed by atoms with Crippen molar-refractivity contribution in [2.75, 3.05) is 18.5 Å². The summed E-state index contributed by atoms with van der Waals surface area (Å²) < 4.78 is 0. The lowest BCUT2D eigenvalue weighted by molar-refractivity contribution is 0.258. The first-order valence-electron chi connectivity index (χ1n) is 6.70. The van der Waals surface area contributed by atoms with Crippen LogP contribution in [0, 0.1) is 28.6 Å². The topological polar surface area (TPSA) is 79.8 Å². The zero-order valence-corrected chi connectivity index (χ0v) is 11.6. The normalized spacial score (nSPS) is 11.0. The first kappa shape index (κ1) is 15.8. The zero-order chi connectivity index (χ0) is 14.8. The highest BCUT2D eigenvalue weighted by Gasteiger charge is 2.05. The van der Waals surface area contributed by atoms with Crippen LogP contribution in [-0.4, -0.2) is 18.3 Å². The van der Waals surface area contributed by atoms with E-state index in [0.717, 1.165) is 30.6 Å². The number of aliphatic hydroxyl groups is 1. The maximum Gasteiger partial charge on any atom is 0.130 e. The fourth-order valence-corrected chi connectivity index (χ4v) is 1.85. The molecular weight excluding hydrogens is 250 g/mol. The minimum atomic E-state index is 0.0969. The second-order valence-electron chi connectivity index (χ2n) is 4.57. The molecule has 4 nitrogen and oxygen atoms in total. The SMILES string of the molecule is CCC(CCO)CNc1ccc(C=C(C#N)C#N)cc1. The summed E-state index contributed by atoms with van der Waals surface area (Å²) in [6.45, 7) is 3.16. The summed E-state index contributed by atoms with van der Waals surface area (Å²) in [5, 5.41) is 29.7. The Kier molecular flexibility index (Phi) is 6.89. The number of nitrogens with zero attached hydrogens (tertiary/aromatic N) is 2. The van der Waals surface area contributed by atoms with E-state index >= 15 is 0 Å². The first-order valence-corrected chi connectivity index (χ1v) is 6.70. The molecule has 2 N–H and O–H groups in total. The molecule has 4 heteroatoms. The van der Waals surface area contributed by atoms with Gasteiger partial charge in [0, 0.05) is 18.8 Å². The average molecular weight is 269 g/mol. The Balaban J connectivity index is 2.62. The van der Waals surface area contributed by atoms with E-state index in [-0.39, 0.29) is 12.2 Å². The molecule has 1 rings (SSSR count). The highest BCUT2D eigenvalue weighted by atomic mass is 16.3. The highest BCUT2D eigenvalue weighted by Crippen LogP contribution is 2.14. The number of allylic oxidation sites excluding steroid dienone is 1. The van der Waals surface area contributed by atoms with E-state index in [0.29, 0.717) is 5.92 Å². The van der Waals surface area contributed by atoms with Gasteiger partial charge in [0.1, 0.15) is 17.7 Å². The van der Waals surface area contributed by atoms with Crippen LogP contribution in [0.5, 0.6) is 0 Å². The number of aliphatic hydroxyl groups excluding tert-OH is 1. The quantitative estimate of drug-likeness (QED) is 0.746. The summed E-state index contributed by atoms with van der Waals surface area (Å²) in [6, 6.07) is 11.2. The molecule has 20 heavy (non-hydrogen) atoms. The van der Waals surface area contributed by atoms with E-state index in [9.17, 15) is 0 Å². The van der Waals surface area contributed by atoms with Crippen LogP contribution in [0.1, 0.15) is 25.3 Å². The van der Waals surface area contributed by atoms with Crippen LogP contribution < -0.4 is 5.32 Å². The maximum atomic E-state index is 8.95. The van der Waals surface area contributed by atoms with E-state index in [1.165, 1.54) is 0 Å². The van der Waals surface area contributed by atoms with Gasteiger partial charge in [0.2, 0.25) is 0 Å². The van der Waals surface area contributed by atoms with Crippen molar-refractivity contribution in [3.05, 3.63) is 35.4 Å². The molecule has 1 aromatic carbocycles. The molecule has 0 aromatic heterocycles. The van der Waals surface area contributed by atoms with Gasteiger partial charge in [-0.3, -0.25) is 0 Å². The predicted molar refractivity (Wildman–Crippen MR) is 79.6 cm³/mol. The molecule has 0 radical (unpaired) electrons. The largest absolute Gasteiger partial charge is 0.396 e. The van der Waals surface area contributed by atoms with Crippen molar-refractivity contribution >= 4 is 11.8 Å². The van der Waals surface area contributed by atoms with Crippen LogP contribution in [0.3, 0.4) is 0 Å². The lowest BCUT2D eigenvalue weighted by atomic mass is 10.0. The predicted octanol–water partition coefficient (Wildman–Crippen LogP) is 2.94. The van der Waals surface area contributed by atoms with Gasteiger partial charge in [0.25, 0.3) is 0 Å². The molecule has 1 unspecified atom stereocenters. The van der Waals surface area contributed by atoms with Gasteiger partial charge in [-0.25, -0.2) is 0 Å². The molecule has 1 atom stereocenters. The van der Waals surface area contributed by atoms with Gasteiger partial charge in [0.05, 0.1) is 0 Å². The van der Waals surface area contributed by atoms with Crippen molar-refractivity contribution in [2.45, 2.75) is 19.8 Å². The number of nitriles is 2. The molecule has 0 spiro atoms. The summed E-state index contributed by atoms with van der Waals surface area (Å²) in [6.07, 6.45) is 3.39. The number of anilines is 1. The van der Waals surface area contributed by atoms with Crippen LogP contribution >= 0.6 is 0 Å². The fourth-order valence-electron chi connectivity index (χ4n) is 1.85. The molecule has 0 aliphatic carbocycles. The minimum absolute atomic E-state index is 0.0969. The van der Waals surface area contributed by atoms with Crippen molar-refractivity contribution in [3.8, 4) is 12.1 Å². The summed E-state index contributed by atoms with van der Waals surface area (Å²) >= 11 is 0. The summed E-state index contributed by atoms with van der Waals surface area (Å²) in [4.78, 5) is 0. The maximum absolute atomic E-state index is 8.95. The smallest absolute Gasteiger partial charge is 0.130 e. The van der Waals surface area contributed by atoms with Crippen LogP contribution in [0.2, 0.25) is 0 Å². The Morgan fingerprint density at radius 2 is 1.95 bits per heavy atom. The summed E-state index contributed by atoms with van der Waals surface area (Å²) in [7, 11) is 0. The van der Waals surface area contributed by atoms with Gasteiger partial charge in [-0.1, -0.05) is 25.5 Å². The van der Waals surface area contributed by atoms with Crippen molar-refractivity contribution in [2.24, 2.45) is 5.92 Å². The van der Waals surface area contributed by atoms with Gasteiger partial charge in [-0.15, -0.1) is 0 Å². The molecule has 0 amide bonds. The van der Waals surface area contributed by atoms with E-state index in [2.05, 4.69) is 12.2 Å². The molecule has 104 valence electrons. The number of hydrogen-bond acceptors (Lipinski definition) is 4. The monoisotopic (exact) mass is 269 g/mol. The Morgan fingerprint density at radius 3 is 2.45 bits per heavy atom. The molecule has 0 aliphatic rings. The summed E-state index contributed by atoms with van der Waals surface area (Å²) in [5.74, 6) is 0.461. The molecule has 0 heterocycles. The second kappa shape index (κ2) is 8.74. The first-order chi connectivity index (χ1) is 9.73. The lowest BCUT2D eigenvalue weighted by Crippen LogP contribution is -2.14. The van der Waals surface area contributed by atoms with Crippen molar-refractivity contribution in [1.82, 2.24) is 0 Å². The third-order valence-electron chi connectivity index (χ3n) is 3.17. The minimum Gasteiger partial charge on any atom is -0.396 e. The average Bonchev–Trinajstić information content (AvgIpc) is 2.50. The number of nitrogens with one attached hydrogen (secondary N) is 1. The van der Waals surface area contributed by atoms with Gasteiger partial charge in [-0.05, 0) is 36.1 Å². The number of benzene rings is 1. The van der Waals surface area contributed by atoms with Crippen LogP contribution in [0.15, 0.2) is 29.8 Å². The van der Waals surface area contributed by atoms with Crippen molar-refractivity contribution in [3.63, 3.8) is 0 Å². The van der Waals surface area contributed by atoms with Crippen LogP contribution in [0.4, 0.5) is 5.69 Å². The number of hydrogen-bond donors (Lipinski definition) is 2. The second-order valence-corrected chi connectivity index (χ2v) is 4.57. The van der Waals surface area contributed by atoms with E-state index in [4.69, 9.17) is 15.6 Å². The summed E-state index contributed by atoms with van der Waals surface area (Å²) in [5.41, 5.74) is 1.92. The van der Waals surface area contributed by atoms with Crippen LogP contribution in [-0.2, 0) is 0 Å². The number of rotatable bonds is 7. The van der Waals surface area contributed by atoms with Gasteiger partial charge >= 0.3 is 0 Å². The fraction of sp³-hybridized carbons (Fsp3) is 0.375. The molecular formula is C16H19N3O. The standard InChI is InChI=1S/C16H19N3O/c1-2-13(7-8-20)12-19-16-5-3-14(4-6-16)9-15(10-17)11-18/h3-6,9,13,19-20H,2,7-8,12H2,1H3. The molecule has 0 saturated carbocycles. The Bertz CT molecular complexity index is 504. The van der Waals surface area contributed by atoms with Crippen molar-refractivity contribution < 1.29 is 5.11 Å². The molecule has 0 fully saturated rings. The Hall–Kier alpha value is -2.30. The third kappa shape index (κ3) is 5.14. The molecule has 0 saturated heterocycles.